The maximum atomic E-state index is 12.0. The zero-order chi connectivity index (χ0) is 15.7. The van der Waals surface area contributed by atoms with Crippen molar-refractivity contribution in [2.75, 3.05) is 7.05 Å². The lowest BCUT2D eigenvalue weighted by Gasteiger charge is -2.29. The van der Waals surface area contributed by atoms with Crippen LogP contribution >= 0.6 is 0 Å². The molecule has 0 aliphatic heterocycles. The highest BCUT2D eigenvalue weighted by Gasteiger charge is 2.29. The third-order valence-electron chi connectivity index (χ3n) is 4.02. The molecule has 0 saturated heterocycles. The minimum Gasteiger partial charge on any atom is -0.507 e. The zero-order valence-electron chi connectivity index (χ0n) is 13.7. The van der Waals surface area contributed by atoms with E-state index in [1.807, 2.05) is 26.8 Å². The van der Waals surface area contributed by atoms with Gasteiger partial charge in [0, 0.05) is 23.7 Å². The molecule has 0 radical (unpaired) electrons. The van der Waals surface area contributed by atoms with Crippen molar-refractivity contribution in [1.29, 1.82) is 0 Å². The number of aromatic hydroxyl groups is 1. The Bertz CT molecular complexity index is 510. The van der Waals surface area contributed by atoms with Gasteiger partial charge in [0.15, 0.2) is 0 Å². The van der Waals surface area contributed by atoms with Gasteiger partial charge in [-0.2, -0.15) is 0 Å². The molecular weight excluding hydrogens is 250 g/mol. The van der Waals surface area contributed by atoms with E-state index in [0.717, 1.165) is 17.5 Å². The number of rotatable bonds is 3. The molecule has 20 heavy (non-hydrogen) atoms. The number of carbonyl (C=O) groups is 1. The fraction of sp³-hybridized carbons (Fsp3) is 0.588. The van der Waals surface area contributed by atoms with Gasteiger partial charge in [-0.05, 0) is 29.4 Å². The van der Waals surface area contributed by atoms with Crippen LogP contribution in [0.5, 0.6) is 5.75 Å². The highest BCUT2D eigenvalue weighted by Crippen LogP contribution is 2.41. The van der Waals surface area contributed by atoms with E-state index in [4.69, 9.17) is 0 Å². The fourth-order valence-corrected chi connectivity index (χ4v) is 2.19. The minimum absolute atomic E-state index is 0.122. The molecular formula is C17H27NO2. The molecule has 1 rings (SSSR count). The molecule has 112 valence electrons. The van der Waals surface area contributed by atoms with Gasteiger partial charge in [-0.1, -0.05) is 41.5 Å². The van der Waals surface area contributed by atoms with Gasteiger partial charge in [-0.15, -0.1) is 0 Å². The predicted molar refractivity (Wildman–Crippen MR) is 83.5 cm³/mol. The van der Waals surface area contributed by atoms with Crippen molar-refractivity contribution in [1.82, 2.24) is 5.32 Å². The van der Waals surface area contributed by atoms with Crippen LogP contribution in [0.4, 0.5) is 0 Å². The van der Waals surface area contributed by atoms with Crippen molar-refractivity contribution in [2.45, 2.75) is 58.8 Å². The molecule has 0 atom stereocenters. The molecule has 3 heteroatoms. The lowest BCUT2D eigenvalue weighted by Crippen LogP contribution is -2.23. The molecule has 0 heterocycles. The summed E-state index contributed by atoms with van der Waals surface area (Å²) in [7, 11) is 1.62. The second-order valence-corrected chi connectivity index (χ2v) is 6.99. The smallest absolute Gasteiger partial charge is 0.251 e. The highest BCUT2D eigenvalue weighted by molar-refractivity contribution is 5.94. The second-order valence-electron chi connectivity index (χ2n) is 6.99. The van der Waals surface area contributed by atoms with Crippen molar-refractivity contribution in [3.8, 4) is 5.75 Å². The Morgan fingerprint density at radius 2 is 1.65 bits per heavy atom. The molecule has 0 saturated carbocycles. The summed E-state index contributed by atoms with van der Waals surface area (Å²) in [4.78, 5) is 12.0. The van der Waals surface area contributed by atoms with Gasteiger partial charge in [-0.3, -0.25) is 4.79 Å². The molecule has 1 amide bonds. The summed E-state index contributed by atoms with van der Waals surface area (Å²) in [5.41, 5.74) is 1.87. The summed E-state index contributed by atoms with van der Waals surface area (Å²) in [5, 5.41) is 13.3. The van der Waals surface area contributed by atoms with Crippen LogP contribution in [-0.4, -0.2) is 18.1 Å². The predicted octanol–water partition coefficient (Wildman–Crippen LogP) is 3.74. The molecule has 2 N–H and O–H groups in total. The first-order valence-corrected chi connectivity index (χ1v) is 7.14. The van der Waals surface area contributed by atoms with Crippen molar-refractivity contribution >= 4 is 5.91 Å². The molecule has 0 bridgehead atoms. The maximum absolute atomic E-state index is 12.0. The maximum Gasteiger partial charge on any atom is 0.251 e. The van der Waals surface area contributed by atoms with Crippen LogP contribution in [0.15, 0.2) is 12.1 Å². The Labute approximate surface area is 122 Å². The van der Waals surface area contributed by atoms with E-state index >= 15 is 0 Å². The standard InChI is InChI=1S/C17H27NO2/c1-8-17(5,6)13-10-11(15(20)18-7)9-12(14(13)19)16(2,3)4/h9-10,19H,8H2,1-7H3,(H,18,20). The Hall–Kier alpha value is -1.51. The van der Waals surface area contributed by atoms with E-state index in [1.54, 1.807) is 13.1 Å². The van der Waals surface area contributed by atoms with Gasteiger partial charge >= 0.3 is 0 Å². The highest BCUT2D eigenvalue weighted by atomic mass is 16.3. The average Bonchev–Trinajstić information content (AvgIpc) is 2.36. The van der Waals surface area contributed by atoms with Crippen LogP contribution in [-0.2, 0) is 10.8 Å². The van der Waals surface area contributed by atoms with Crippen molar-refractivity contribution < 1.29 is 9.90 Å². The number of amides is 1. The SMILES string of the molecule is CCC(C)(C)c1cc(C(=O)NC)cc(C(C)(C)C)c1O. The molecule has 0 spiro atoms. The van der Waals surface area contributed by atoms with E-state index in [9.17, 15) is 9.90 Å². The summed E-state index contributed by atoms with van der Waals surface area (Å²) in [6.07, 6.45) is 0.890. The molecule has 0 aliphatic rings. The Balaban J connectivity index is 3.64. The molecule has 0 aromatic heterocycles. The zero-order valence-corrected chi connectivity index (χ0v) is 13.7. The summed E-state index contributed by atoms with van der Waals surface area (Å²) >= 11 is 0. The molecule has 1 aromatic carbocycles. The lowest BCUT2D eigenvalue weighted by molar-refractivity contribution is 0.0963. The van der Waals surface area contributed by atoms with E-state index in [0.29, 0.717) is 11.3 Å². The van der Waals surface area contributed by atoms with Crippen molar-refractivity contribution in [2.24, 2.45) is 0 Å². The van der Waals surface area contributed by atoms with Crippen LogP contribution in [0.3, 0.4) is 0 Å². The molecule has 3 nitrogen and oxygen atoms in total. The van der Waals surface area contributed by atoms with Crippen LogP contribution in [0.2, 0.25) is 0 Å². The summed E-state index contributed by atoms with van der Waals surface area (Å²) in [5.74, 6) is 0.195. The average molecular weight is 277 g/mol. The largest absolute Gasteiger partial charge is 0.507 e. The molecule has 0 aliphatic carbocycles. The Kier molecular flexibility index (Phi) is 4.52. The molecule has 1 aromatic rings. The third kappa shape index (κ3) is 3.14. The molecule has 0 fully saturated rings. The number of phenolic OH excluding ortho intramolecular Hbond substituents is 1. The van der Waals surface area contributed by atoms with Crippen LogP contribution in [0.25, 0.3) is 0 Å². The second kappa shape index (κ2) is 5.47. The van der Waals surface area contributed by atoms with E-state index in [-0.39, 0.29) is 16.7 Å². The number of hydrogen-bond donors (Lipinski definition) is 2. The van der Waals surface area contributed by atoms with Gasteiger partial charge in [-0.25, -0.2) is 0 Å². The third-order valence-corrected chi connectivity index (χ3v) is 4.02. The van der Waals surface area contributed by atoms with Crippen LogP contribution in [0.1, 0.15) is 69.4 Å². The van der Waals surface area contributed by atoms with E-state index < -0.39 is 0 Å². The van der Waals surface area contributed by atoms with Gasteiger partial charge in [0.2, 0.25) is 0 Å². The quantitative estimate of drug-likeness (QED) is 0.884. The van der Waals surface area contributed by atoms with Gasteiger partial charge in [0.1, 0.15) is 5.75 Å². The number of nitrogens with one attached hydrogen (secondary N) is 1. The Morgan fingerprint density at radius 3 is 2.05 bits per heavy atom. The monoisotopic (exact) mass is 277 g/mol. The summed E-state index contributed by atoms with van der Waals surface area (Å²) in [6, 6.07) is 3.61. The normalized spacial score (nSPS) is 12.3. The van der Waals surface area contributed by atoms with E-state index in [2.05, 4.69) is 26.1 Å². The van der Waals surface area contributed by atoms with Crippen LogP contribution in [0, 0.1) is 0 Å². The number of phenols is 1. The van der Waals surface area contributed by atoms with Crippen LogP contribution < -0.4 is 5.32 Å². The number of benzene rings is 1. The first-order valence-electron chi connectivity index (χ1n) is 7.14. The Morgan fingerprint density at radius 1 is 1.15 bits per heavy atom. The van der Waals surface area contributed by atoms with E-state index in [1.165, 1.54) is 0 Å². The molecule has 0 unspecified atom stereocenters. The summed E-state index contributed by atoms with van der Waals surface area (Å²) < 4.78 is 0. The number of hydrogen-bond acceptors (Lipinski definition) is 2. The summed E-state index contributed by atoms with van der Waals surface area (Å²) in [6.45, 7) is 12.4. The lowest BCUT2D eigenvalue weighted by atomic mass is 9.76. The van der Waals surface area contributed by atoms with Gasteiger partial charge < -0.3 is 10.4 Å². The topological polar surface area (TPSA) is 49.3 Å². The minimum atomic E-state index is -0.216. The first kappa shape index (κ1) is 16.5. The van der Waals surface area contributed by atoms with Gasteiger partial charge in [0.05, 0.1) is 0 Å². The number of carbonyl (C=O) groups excluding carboxylic acids is 1. The van der Waals surface area contributed by atoms with Crippen molar-refractivity contribution in [3.63, 3.8) is 0 Å². The van der Waals surface area contributed by atoms with Gasteiger partial charge in [0.25, 0.3) is 5.91 Å². The van der Waals surface area contributed by atoms with Crippen molar-refractivity contribution in [3.05, 3.63) is 28.8 Å². The fourth-order valence-electron chi connectivity index (χ4n) is 2.19. The first-order chi connectivity index (χ1) is 9.04.